The average molecular weight is 335 g/mol. The van der Waals surface area contributed by atoms with Crippen molar-refractivity contribution in [1.29, 1.82) is 0 Å². The lowest BCUT2D eigenvalue weighted by atomic mass is 9.63. The lowest BCUT2D eigenvalue weighted by Crippen LogP contribution is -2.34. The Balaban J connectivity index is 2.12. The van der Waals surface area contributed by atoms with Gasteiger partial charge in [0.25, 0.3) is 0 Å². The summed E-state index contributed by atoms with van der Waals surface area (Å²) < 4.78 is 0. The zero-order chi connectivity index (χ0) is 18.4. The number of amides is 1. The minimum atomic E-state index is -0.580. The van der Waals surface area contributed by atoms with Crippen LogP contribution in [0.4, 0.5) is 0 Å². The van der Waals surface area contributed by atoms with Gasteiger partial charge in [0, 0.05) is 11.1 Å². The number of fused-ring (bicyclic) bond motifs is 1. The minimum absolute atomic E-state index is 0.0321. The fraction of sp³-hybridized carbons (Fsp3) is 0.364. The molecular formula is C22H25NO2. The molecule has 0 saturated carbocycles. The third-order valence-corrected chi connectivity index (χ3v) is 5.55. The van der Waals surface area contributed by atoms with E-state index in [1.165, 1.54) is 11.1 Å². The molecule has 2 N–H and O–H groups in total. The maximum atomic E-state index is 13.0. The highest BCUT2D eigenvalue weighted by atomic mass is 16.1. The molecule has 0 unspecified atom stereocenters. The zero-order valence-corrected chi connectivity index (χ0v) is 15.3. The Morgan fingerprint density at radius 1 is 0.840 bits per heavy atom. The third-order valence-electron chi connectivity index (χ3n) is 5.55. The molecule has 1 aliphatic rings. The number of primary amides is 1. The molecule has 1 amide bonds. The van der Waals surface area contributed by atoms with Gasteiger partial charge in [0.1, 0.15) is 0 Å². The minimum Gasteiger partial charge on any atom is -0.366 e. The van der Waals surface area contributed by atoms with Crippen molar-refractivity contribution >= 4 is 11.7 Å². The molecule has 0 atom stereocenters. The Morgan fingerprint density at radius 3 is 2.00 bits per heavy atom. The van der Waals surface area contributed by atoms with E-state index in [1.54, 1.807) is 24.3 Å². The second-order valence-electron chi connectivity index (χ2n) is 8.27. The van der Waals surface area contributed by atoms with Gasteiger partial charge in [-0.3, -0.25) is 9.59 Å². The Morgan fingerprint density at radius 2 is 1.40 bits per heavy atom. The predicted octanol–water partition coefficient (Wildman–Crippen LogP) is 4.37. The number of carbonyl (C=O) groups excluding carboxylic acids is 2. The van der Waals surface area contributed by atoms with Crippen LogP contribution in [0.2, 0.25) is 0 Å². The van der Waals surface area contributed by atoms with Crippen LogP contribution >= 0.6 is 0 Å². The molecular weight excluding hydrogens is 310 g/mol. The van der Waals surface area contributed by atoms with E-state index in [-0.39, 0.29) is 22.2 Å². The van der Waals surface area contributed by atoms with Crippen LogP contribution in [0.5, 0.6) is 0 Å². The van der Waals surface area contributed by atoms with E-state index in [0.29, 0.717) is 11.1 Å². The molecule has 130 valence electrons. The third kappa shape index (κ3) is 2.99. The first-order chi connectivity index (χ1) is 11.6. The van der Waals surface area contributed by atoms with E-state index in [9.17, 15) is 9.59 Å². The van der Waals surface area contributed by atoms with Crippen molar-refractivity contribution in [3.8, 4) is 0 Å². The summed E-state index contributed by atoms with van der Waals surface area (Å²) in [5.41, 5.74) is 9.35. The van der Waals surface area contributed by atoms with Crippen LogP contribution in [0.3, 0.4) is 0 Å². The Labute approximate surface area is 149 Å². The first-order valence-corrected chi connectivity index (χ1v) is 8.72. The number of rotatable bonds is 3. The van der Waals surface area contributed by atoms with Crippen molar-refractivity contribution in [2.75, 3.05) is 0 Å². The van der Waals surface area contributed by atoms with Crippen molar-refractivity contribution in [3.05, 3.63) is 70.3 Å². The summed E-state index contributed by atoms with van der Waals surface area (Å²) in [4.78, 5) is 24.7. The van der Waals surface area contributed by atoms with E-state index in [0.717, 1.165) is 12.8 Å². The Kier molecular flexibility index (Phi) is 4.06. The normalized spacial score (nSPS) is 17.6. The van der Waals surface area contributed by atoms with Crippen LogP contribution in [0.15, 0.2) is 42.5 Å². The van der Waals surface area contributed by atoms with Crippen molar-refractivity contribution in [2.24, 2.45) is 5.73 Å². The molecule has 0 bridgehead atoms. The molecule has 3 nitrogen and oxygen atoms in total. The molecule has 0 aliphatic heterocycles. The summed E-state index contributed by atoms with van der Waals surface area (Å²) >= 11 is 0. The number of hydrogen-bond acceptors (Lipinski definition) is 2. The van der Waals surface area contributed by atoms with Gasteiger partial charge in [-0.1, -0.05) is 58.0 Å². The molecule has 0 heterocycles. The van der Waals surface area contributed by atoms with E-state index < -0.39 is 5.91 Å². The van der Waals surface area contributed by atoms with Crippen LogP contribution in [0, 0.1) is 0 Å². The smallest absolute Gasteiger partial charge is 0.249 e. The van der Waals surface area contributed by atoms with Gasteiger partial charge in [-0.2, -0.15) is 0 Å². The summed E-state index contributed by atoms with van der Waals surface area (Å²) in [6.45, 7) is 8.97. The Bertz CT molecular complexity index is 862. The monoisotopic (exact) mass is 335 g/mol. The first kappa shape index (κ1) is 17.4. The van der Waals surface area contributed by atoms with Crippen LogP contribution < -0.4 is 5.73 Å². The quantitative estimate of drug-likeness (QED) is 0.847. The molecule has 1 aliphatic carbocycles. The molecule has 3 rings (SSSR count). The summed E-state index contributed by atoms with van der Waals surface area (Å²) in [5, 5.41) is 0. The van der Waals surface area contributed by atoms with Gasteiger partial charge < -0.3 is 5.73 Å². The van der Waals surface area contributed by atoms with E-state index in [4.69, 9.17) is 5.73 Å². The molecule has 0 spiro atoms. The SMILES string of the molecule is CC1(C)CCC(C)(C)c2cc(C(=O)c3ccccc3C(N)=O)ccc21. The zero-order valence-electron chi connectivity index (χ0n) is 15.3. The van der Waals surface area contributed by atoms with Crippen molar-refractivity contribution < 1.29 is 9.59 Å². The number of nitrogens with two attached hydrogens (primary N) is 1. The molecule has 0 fully saturated rings. The highest BCUT2D eigenvalue weighted by Gasteiger charge is 2.37. The first-order valence-electron chi connectivity index (χ1n) is 8.72. The lowest BCUT2D eigenvalue weighted by Gasteiger charge is -2.42. The van der Waals surface area contributed by atoms with Gasteiger partial charge in [0.05, 0.1) is 5.56 Å². The van der Waals surface area contributed by atoms with Gasteiger partial charge >= 0.3 is 0 Å². The fourth-order valence-electron chi connectivity index (χ4n) is 3.78. The Hall–Kier alpha value is -2.42. The van der Waals surface area contributed by atoms with Crippen LogP contribution in [0.1, 0.15) is 77.9 Å². The van der Waals surface area contributed by atoms with Crippen LogP contribution in [0.25, 0.3) is 0 Å². The van der Waals surface area contributed by atoms with E-state index in [1.807, 2.05) is 12.1 Å². The maximum Gasteiger partial charge on any atom is 0.249 e. The number of benzene rings is 2. The largest absolute Gasteiger partial charge is 0.366 e. The summed E-state index contributed by atoms with van der Waals surface area (Å²) in [6, 6.07) is 12.7. The van der Waals surface area contributed by atoms with Crippen molar-refractivity contribution in [3.63, 3.8) is 0 Å². The number of carbonyl (C=O) groups is 2. The summed E-state index contributed by atoms with van der Waals surface area (Å²) in [7, 11) is 0. The average Bonchev–Trinajstić information content (AvgIpc) is 2.58. The number of hydrogen-bond donors (Lipinski definition) is 1. The van der Waals surface area contributed by atoms with E-state index in [2.05, 4.69) is 33.8 Å². The van der Waals surface area contributed by atoms with Crippen LogP contribution in [-0.4, -0.2) is 11.7 Å². The van der Waals surface area contributed by atoms with Gasteiger partial charge in [0.2, 0.25) is 5.91 Å². The second-order valence-corrected chi connectivity index (χ2v) is 8.27. The fourth-order valence-corrected chi connectivity index (χ4v) is 3.78. The molecule has 2 aromatic carbocycles. The standard InChI is InChI=1S/C22H25NO2/c1-21(2)11-12-22(3,4)18-13-14(9-10-17(18)21)19(24)15-7-5-6-8-16(15)20(23)25/h5-10,13H,11-12H2,1-4H3,(H2,23,25). The highest BCUT2D eigenvalue weighted by Crippen LogP contribution is 2.46. The maximum absolute atomic E-state index is 13.0. The molecule has 0 radical (unpaired) electrons. The summed E-state index contributed by atoms with van der Waals surface area (Å²) in [6.07, 6.45) is 2.22. The molecule has 3 heteroatoms. The lowest BCUT2D eigenvalue weighted by molar-refractivity contribution is 0.0981. The van der Waals surface area contributed by atoms with Crippen LogP contribution in [-0.2, 0) is 10.8 Å². The van der Waals surface area contributed by atoms with Crippen molar-refractivity contribution in [2.45, 2.75) is 51.4 Å². The molecule has 25 heavy (non-hydrogen) atoms. The summed E-state index contributed by atoms with van der Waals surface area (Å²) in [5.74, 6) is -0.736. The number of ketones is 1. The highest BCUT2D eigenvalue weighted by molar-refractivity contribution is 6.15. The van der Waals surface area contributed by atoms with Gasteiger partial charge in [-0.05, 0) is 46.9 Å². The van der Waals surface area contributed by atoms with Gasteiger partial charge in [-0.15, -0.1) is 0 Å². The molecule has 0 saturated heterocycles. The molecule has 2 aromatic rings. The predicted molar refractivity (Wildman–Crippen MR) is 100 cm³/mol. The van der Waals surface area contributed by atoms with Crippen molar-refractivity contribution in [1.82, 2.24) is 0 Å². The molecule has 0 aromatic heterocycles. The van der Waals surface area contributed by atoms with Gasteiger partial charge in [-0.25, -0.2) is 0 Å². The van der Waals surface area contributed by atoms with Gasteiger partial charge in [0.15, 0.2) is 5.78 Å². The topological polar surface area (TPSA) is 60.2 Å². The van der Waals surface area contributed by atoms with E-state index >= 15 is 0 Å². The second kappa shape index (κ2) is 5.83.